The fraction of sp³-hybridized carbons (Fsp3) is 0.167. The van der Waals surface area contributed by atoms with E-state index in [-0.39, 0.29) is 0 Å². The van der Waals surface area contributed by atoms with Crippen LogP contribution in [0.2, 0.25) is 5.02 Å². The van der Waals surface area contributed by atoms with E-state index >= 15 is 0 Å². The topological polar surface area (TPSA) is 75.9 Å². The smallest absolute Gasteiger partial charge is 0.161 e. The molecule has 0 saturated carbocycles. The zero-order valence-corrected chi connectivity index (χ0v) is 18.0. The number of methoxy groups -OCH3 is 2. The molecular formula is C24H22ClN3O3. The molecule has 0 saturated heterocycles. The van der Waals surface area contributed by atoms with Gasteiger partial charge in [0.1, 0.15) is 12.4 Å². The van der Waals surface area contributed by atoms with Gasteiger partial charge in [-0.25, -0.2) is 0 Å². The summed E-state index contributed by atoms with van der Waals surface area (Å²) < 4.78 is 16.5. The molecule has 3 rings (SSSR count). The molecule has 6 nitrogen and oxygen atoms in total. The summed E-state index contributed by atoms with van der Waals surface area (Å²) in [7, 11) is 3.20. The van der Waals surface area contributed by atoms with Gasteiger partial charge in [-0.1, -0.05) is 29.8 Å². The number of nitrogens with zero attached hydrogens (tertiary/aromatic N) is 2. The number of ether oxygens (including phenoxy) is 3. The van der Waals surface area contributed by atoms with Crippen molar-refractivity contribution in [1.82, 2.24) is 5.43 Å². The van der Waals surface area contributed by atoms with Crippen molar-refractivity contribution in [1.29, 1.82) is 5.26 Å². The van der Waals surface area contributed by atoms with Crippen molar-refractivity contribution >= 4 is 17.8 Å². The Morgan fingerprint density at radius 2 is 1.77 bits per heavy atom. The van der Waals surface area contributed by atoms with Crippen LogP contribution in [-0.4, -0.2) is 20.4 Å². The monoisotopic (exact) mass is 435 g/mol. The van der Waals surface area contributed by atoms with Gasteiger partial charge in [-0.15, -0.1) is 0 Å². The average Bonchev–Trinajstić information content (AvgIpc) is 2.81. The fourth-order valence-electron chi connectivity index (χ4n) is 2.89. The number of rotatable bonds is 9. The quantitative estimate of drug-likeness (QED) is 0.381. The second kappa shape index (κ2) is 10.9. The van der Waals surface area contributed by atoms with Crippen LogP contribution in [0.5, 0.6) is 17.2 Å². The normalized spacial score (nSPS) is 10.5. The summed E-state index contributed by atoms with van der Waals surface area (Å²) in [6.45, 7) is 0.839. The summed E-state index contributed by atoms with van der Waals surface area (Å²) in [6, 6.07) is 20.5. The third-order valence-corrected chi connectivity index (χ3v) is 4.68. The number of benzene rings is 3. The standard InChI is InChI=1S/C24H22ClN3O3/c1-29-23-8-6-18(11-24(23)30-2)14-27-28-15-20-12-21(25)7-9-22(20)31-16-19-5-3-4-17(10-19)13-26/h3-12,15,27H,14,16H2,1-2H3/b28-15+. The van der Waals surface area contributed by atoms with E-state index in [2.05, 4.69) is 16.6 Å². The molecule has 0 atom stereocenters. The van der Waals surface area contributed by atoms with Crippen LogP contribution in [0.15, 0.2) is 65.8 Å². The Kier molecular flexibility index (Phi) is 7.74. The SMILES string of the molecule is COc1ccc(CN/N=C/c2cc(Cl)ccc2OCc2cccc(C#N)c2)cc1OC. The van der Waals surface area contributed by atoms with Crippen LogP contribution >= 0.6 is 11.6 Å². The summed E-state index contributed by atoms with van der Waals surface area (Å²) in [5.41, 5.74) is 6.25. The number of halogens is 1. The van der Waals surface area contributed by atoms with Crippen molar-refractivity contribution < 1.29 is 14.2 Å². The van der Waals surface area contributed by atoms with Gasteiger partial charge in [0.05, 0.1) is 38.6 Å². The minimum atomic E-state index is 0.330. The predicted octanol–water partition coefficient (Wildman–Crippen LogP) is 4.93. The van der Waals surface area contributed by atoms with E-state index in [1.165, 1.54) is 0 Å². The Morgan fingerprint density at radius 1 is 0.968 bits per heavy atom. The predicted molar refractivity (Wildman–Crippen MR) is 121 cm³/mol. The Bertz CT molecular complexity index is 1110. The molecule has 0 fully saturated rings. The molecule has 0 radical (unpaired) electrons. The maximum absolute atomic E-state index is 9.04. The average molecular weight is 436 g/mol. The number of nitrogens with one attached hydrogen (secondary N) is 1. The Balaban J connectivity index is 1.65. The highest BCUT2D eigenvalue weighted by Gasteiger charge is 2.06. The van der Waals surface area contributed by atoms with Crippen molar-refractivity contribution in [2.45, 2.75) is 13.2 Å². The number of hydrogen-bond donors (Lipinski definition) is 1. The number of hydrazone groups is 1. The molecule has 1 N–H and O–H groups in total. The van der Waals surface area contributed by atoms with Crippen molar-refractivity contribution in [2.75, 3.05) is 14.2 Å². The van der Waals surface area contributed by atoms with Crippen molar-refractivity contribution in [3.05, 3.63) is 87.9 Å². The fourth-order valence-corrected chi connectivity index (χ4v) is 3.07. The largest absolute Gasteiger partial charge is 0.493 e. The molecule has 158 valence electrons. The Labute approximate surface area is 186 Å². The van der Waals surface area contributed by atoms with Crippen molar-refractivity contribution in [3.8, 4) is 23.3 Å². The molecule has 0 spiro atoms. The van der Waals surface area contributed by atoms with Crippen LogP contribution in [0.25, 0.3) is 0 Å². The highest BCUT2D eigenvalue weighted by molar-refractivity contribution is 6.30. The van der Waals surface area contributed by atoms with Gasteiger partial charge in [0, 0.05) is 10.6 Å². The maximum atomic E-state index is 9.04. The first-order valence-electron chi connectivity index (χ1n) is 9.51. The molecule has 0 heterocycles. The lowest BCUT2D eigenvalue weighted by Gasteiger charge is -2.10. The highest BCUT2D eigenvalue weighted by atomic mass is 35.5. The number of hydrogen-bond acceptors (Lipinski definition) is 6. The van der Waals surface area contributed by atoms with Gasteiger partial charge in [-0.2, -0.15) is 10.4 Å². The first kappa shape index (κ1) is 22.0. The first-order chi connectivity index (χ1) is 15.1. The van der Waals surface area contributed by atoms with Gasteiger partial charge in [0.25, 0.3) is 0 Å². The van der Waals surface area contributed by atoms with Gasteiger partial charge < -0.3 is 19.6 Å². The zero-order chi connectivity index (χ0) is 22.1. The van der Waals surface area contributed by atoms with Crippen molar-refractivity contribution in [2.24, 2.45) is 5.10 Å². The molecule has 0 aliphatic heterocycles. The highest BCUT2D eigenvalue weighted by Crippen LogP contribution is 2.27. The van der Waals surface area contributed by atoms with Crippen LogP contribution in [0.1, 0.15) is 22.3 Å². The molecule has 7 heteroatoms. The summed E-state index contributed by atoms with van der Waals surface area (Å²) in [5.74, 6) is 1.98. The maximum Gasteiger partial charge on any atom is 0.161 e. The molecule has 0 aliphatic carbocycles. The lowest BCUT2D eigenvalue weighted by Crippen LogP contribution is -2.06. The summed E-state index contributed by atoms with van der Waals surface area (Å²) >= 11 is 6.14. The Morgan fingerprint density at radius 3 is 2.55 bits per heavy atom. The minimum absolute atomic E-state index is 0.330. The van der Waals surface area contributed by atoms with Crippen LogP contribution in [0.4, 0.5) is 0 Å². The minimum Gasteiger partial charge on any atom is -0.493 e. The zero-order valence-electron chi connectivity index (χ0n) is 17.3. The van der Waals surface area contributed by atoms with Gasteiger partial charge in [-0.05, 0) is 53.6 Å². The summed E-state index contributed by atoms with van der Waals surface area (Å²) in [5, 5.41) is 13.9. The molecule has 0 unspecified atom stereocenters. The lowest BCUT2D eigenvalue weighted by molar-refractivity contribution is 0.306. The molecule has 0 aliphatic rings. The molecule has 0 aromatic heterocycles. The second-order valence-electron chi connectivity index (χ2n) is 6.57. The molecule has 3 aromatic carbocycles. The third-order valence-electron chi connectivity index (χ3n) is 4.45. The van der Waals surface area contributed by atoms with Crippen LogP contribution in [0, 0.1) is 11.3 Å². The van der Waals surface area contributed by atoms with Crippen LogP contribution < -0.4 is 19.6 Å². The van der Waals surface area contributed by atoms with Gasteiger partial charge in [0.2, 0.25) is 0 Å². The number of nitriles is 1. The molecule has 31 heavy (non-hydrogen) atoms. The van der Waals surface area contributed by atoms with Gasteiger partial charge in [0.15, 0.2) is 11.5 Å². The Hall–Kier alpha value is -3.69. The van der Waals surface area contributed by atoms with E-state index in [0.29, 0.717) is 41.0 Å². The summed E-state index contributed by atoms with van der Waals surface area (Å²) in [6.07, 6.45) is 1.66. The van der Waals surface area contributed by atoms with E-state index in [4.69, 9.17) is 31.1 Å². The van der Waals surface area contributed by atoms with Crippen LogP contribution in [-0.2, 0) is 13.2 Å². The van der Waals surface area contributed by atoms with Gasteiger partial charge >= 0.3 is 0 Å². The van der Waals surface area contributed by atoms with Crippen LogP contribution in [0.3, 0.4) is 0 Å². The van der Waals surface area contributed by atoms with Gasteiger partial charge in [-0.3, -0.25) is 0 Å². The lowest BCUT2D eigenvalue weighted by atomic mass is 10.1. The summed E-state index contributed by atoms with van der Waals surface area (Å²) in [4.78, 5) is 0. The van der Waals surface area contributed by atoms with Crippen molar-refractivity contribution in [3.63, 3.8) is 0 Å². The van der Waals surface area contributed by atoms with E-state index in [1.807, 2.05) is 30.3 Å². The third kappa shape index (κ3) is 6.14. The van der Waals surface area contributed by atoms with E-state index in [9.17, 15) is 0 Å². The molecule has 3 aromatic rings. The molecule has 0 bridgehead atoms. The van der Waals surface area contributed by atoms with E-state index in [1.54, 1.807) is 50.8 Å². The van der Waals surface area contributed by atoms with E-state index < -0.39 is 0 Å². The van der Waals surface area contributed by atoms with E-state index in [0.717, 1.165) is 16.7 Å². The molecular weight excluding hydrogens is 414 g/mol. The first-order valence-corrected chi connectivity index (χ1v) is 9.89. The molecule has 0 amide bonds. The second-order valence-corrected chi connectivity index (χ2v) is 7.00.